The van der Waals surface area contributed by atoms with Gasteiger partial charge < -0.3 is 9.73 Å². The third kappa shape index (κ3) is 5.40. The van der Waals surface area contributed by atoms with E-state index in [1.165, 1.54) is 11.8 Å². The van der Waals surface area contributed by atoms with Crippen LogP contribution in [0.4, 0.5) is 5.69 Å². The summed E-state index contributed by atoms with van der Waals surface area (Å²) in [6, 6.07) is 8.74. The van der Waals surface area contributed by atoms with Gasteiger partial charge in [-0.3, -0.25) is 4.79 Å². The topological polar surface area (TPSA) is 79.6 Å². The lowest BCUT2D eigenvalue weighted by atomic mass is 10.2. The summed E-state index contributed by atoms with van der Waals surface area (Å²) in [7, 11) is -3.56. The standard InChI is InChI=1S/C20H26N2O4S2/c1-16-8-9-17(21-20(23)15-27-14-18-7-6-12-26-18)13-19(16)28(24,25)22-10-4-2-3-5-11-22/h6-9,12-13H,2-5,10-11,14-15H2,1H3,(H,21,23). The minimum Gasteiger partial charge on any atom is -0.468 e. The van der Waals surface area contributed by atoms with Crippen LogP contribution >= 0.6 is 11.8 Å². The van der Waals surface area contributed by atoms with Gasteiger partial charge in [-0.15, -0.1) is 11.8 Å². The number of carbonyl (C=O) groups excluding carboxylic acids is 1. The number of carbonyl (C=O) groups is 1. The molecule has 8 heteroatoms. The smallest absolute Gasteiger partial charge is 0.243 e. The average Bonchev–Trinajstić information content (AvgIpc) is 3.02. The van der Waals surface area contributed by atoms with E-state index in [0.29, 0.717) is 30.1 Å². The molecule has 28 heavy (non-hydrogen) atoms. The molecule has 0 bridgehead atoms. The maximum absolute atomic E-state index is 13.1. The highest BCUT2D eigenvalue weighted by molar-refractivity contribution is 7.99. The summed E-state index contributed by atoms with van der Waals surface area (Å²) in [6.07, 6.45) is 5.52. The Kier molecular flexibility index (Phi) is 7.20. The molecule has 1 aliphatic heterocycles. The number of sulfonamides is 1. The second-order valence-electron chi connectivity index (χ2n) is 6.92. The van der Waals surface area contributed by atoms with Crippen LogP contribution in [0.15, 0.2) is 45.9 Å². The van der Waals surface area contributed by atoms with Crippen LogP contribution in [0.3, 0.4) is 0 Å². The third-order valence-electron chi connectivity index (χ3n) is 4.71. The summed E-state index contributed by atoms with van der Waals surface area (Å²) in [5.41, 5.74) is 1.19. The lowest BCUT2D eigenvalue weighted by Gasteiger charge is -2.21. The number of hydrogen-bond donors (Lipinski definition) is 1. The summed E-state index contributed by atoms with van der Waals surface area (Å²) in [4.78, 5) is 12.5. The Hall–Kier alpha value is -1.77. The molecule has 0 aliphatic carbocycles. The van der Waals surface area contributed by atoms with Crippen LogP contribution in [-0.2, 0) is 20.6 Å². The minimum absolute atomic E-state index is 0.168. The summed E-state index contributed by atoms with van der Waals surface area (Å²) in [6.45, 7) is 2.90. The quantitative estimate of drug-likeness (QED) is 0.729. The zero-order valence-electron chi connectivity index (χ0n) is 16.0. The number of rotatable bonds is 7. The molecule has 1 N–H and O–H groups in total. The van der Waals surface area contributed by atoms with Crippen LogP contribution in [0.25, 0.3) is 0 Å². The largest absolute Gasteiger partial charge is 0.468 e. The summed E-state index contributed by atoms with van der Waals surface area (Å²) < 4.78 is 33.0. The van der Waals surface area contributed by atoms with Crippen LogP contribution in [0.5, 0.6) is 0 Å². The molecule has 1 fully saturated rings. The van der Waals surface area contributed by atoms with E-state index in [9.17, 15) is 13.2 Å². The fourth-order valence-corrected chi connectivity index (χ4v) is 5.71. The third-order valence-corrected chi connectivity index (χ3v) is 7.71. The second kappa shape index (κ2) is 9.62. The van der Waals surface area contributed by atoms with Crippen molar-refractivity contribution in [1.82, 2.24) is 4.31 Å². The number of nitrogens with one attached hydrogen (secondary N) is 1. The molecule has 1 saturated heterocycles. The summed E-state index contributed by atoms with van der Waals surface area (Å²) in [5.74, 6) is 1.53. The van der Waals surface area contributed by atoms with E-state index in [1.807, 2.05) is 12.1 Å². The van der Waals surface area contributed by atoms with Gasteiger partial charge >= 0.3 is 0 Å². The zero-order valence-corrected chi connectivity index (χ0v) is 17.7. The van der Waals surface area contributed by atoms with Crippen molar-refractivity contribution in [2.75, 3.05) is 24.2 Å². The van der Waals surface area contributed by atoms with Crippen molar-refractivity contribution in [2.45, 2.75) is 43.3 Å². The Morgan fingerprint density at radius 1 is 1.18 bits per heavy atom. The molecule has 2 aromatic rings. The van der Waals surface area contributed by atoms with Crippen LogP contribution in [-0.4, -0.2) is 37.5 Å². The lowest BCUT2D eigenvalue weighted by Crippen LogP contribution is -2.32. The molecular formula is C20H26N2O4S2. The van der Waals surface area contributed by atoms with Crippen LogP contribution in [0.1, 0.15) is 37.0 Å². The van der Waals surface area contributed by atoms with Gasteiger partial charge in [0.25, 0.3) is 0 Å². The normalized spacial score (nSPS) is 15.9. The van der Waals surface area contributed by atoms with Gasteiger partial charge in [-0.25, -0.2) is 8.42 Å². The van der Waals surface area contributed by atoms with Crippen LogP contribution in [0.2, 0.25) is 0 Å². The number of furan rings is 1. The highest BCUT2D eigenvalue weighted by Crippen LogP contribution is 2.26. The first-order valence-corrected chi connectivity index (χ1v) is 12.1. The van der Waals surface area contributed by atoms with Gasteiger partial charge in [-0.05, 0) is 49.6 Å². The SMILES string of the molecule is Cc1ccc(NC(=O)CSCc2ccco2)cc1S(=O)(=O)N1CCCCCC1. The van der Waals surface area contributed by atoms with Crippen molar-refractivity contribution in [1.29, 1.82) is 0 Å². The van der Waals surface area contributed by atoms with Gasteiger partial charge in [-0.2, -0.15) is 4.31 Å². The Balaban J connectivity index is 1.65. The Labute approximate surface area is 170 Å². The molecule has 0 radical (unpaired) electrons. The first kappa shape index (κ1) is 21.0. The maximum Gasteiger partial charge on any atom is 0.243 e. The maximum atomic E-state index is 13.1. The van der Waals surface area contributed by atoms with Gasteiger partial charge in [0.1, 0.15) is 5.76 Å². The van der Waals surface area contributed by atoms with E-state index in [0.717, 1.165) is 31.4 Å². The number of hydrogen-bond acceptors (Lipinski definition) is 5. The monoisotopic (exact) mass is 422 g/mol. The predicted molar refractivity (Wildman–Crippen MR) is 112 cm³/mol. The van der Waals surface area contributed by atoms with Crippen molar-refractivity contribution in [2.24, 2.45) is 0 Å². The first-order valence-electron chi connectivity index (χ1n) is 9.47. The molecule has 3 rings (SSSR count). The second-order valence-corrected chi connectivity index (χ2v) is 9.81. The number of benzene rings is 1. The van der Waals surface area contributed by atoms with E-state index >= 15 is 0 Å². The Morgan fingerprint density at radius 2 is 1.93 bits per heavy atom. The van der Waals surface area contributed by atoms with Crippen molar-refractivity contribution >= 4 is 33.4 Å². The molecule has 0 saturated carbocycles. The lowest BCUT2D eigenvalue weighted by molar-refractivity contribution is -0.113. The first-order chi connectivity index (χ1) is 13.5. The summed E-state index contributed by atoms with van der Waals surface area (Å²) >= 11 is 1.44. The Bertz CT molecular complexity index is 887. The van der Waals surface area contributed by atoms with Crippen LogP contribution < -0.4 is 5.32 Å². The molecule has 0 atom stereocenters. The predicted octanol–water partition coefficient (Wildman–Crippen LogP) is 4.02. The van der Waals surface area contributed by atoms with Gasteiger partial charge in [0, 0.05) is 18.8 Å². The molecule has 2 heterocycles. The number of thioether (sulfide) groups is 1. The highest BCUT2D eigenvalue weighted by atomic mass is 32.2. The van der Waals surface area contributed by atoms with Crippen LogP contribution in [0, 0.1) is 6.92 Å². The number of anilines is 1. The average molecular weight is 423 g/mol. The summed E-state index contributed by atoms with van der Waals surface area (Å²) in [5, 5.41) is 2.80. The molecule has 1 aromatic carbocycles. The molecule has 1 aromatic heterocycles. The van der Waals surface area contributed by atoms with E-state index in [-0.39, 0.29) is 16.6 Å². The minimum atomic E-state index is -3.56. The van der Waals surface area contributed by atoms with Crippen molar-refractivity contribution in [3.05, 3.63) is 47.9 Å². The molecule has 1 aliphatic rings. The van der Waals surface area contributed by atoms with E-state index in [1.54, 1.807) is 35.7 Å². The number of nitrogens with zero attached hydrogens (tertiary/aromatic N) is 1. The van der Waals surface area contributed by atoms with Gasteiger partial charge in [0.15, 0.2) is 0 Å². The number of amides is 1. The fraction of sp³-hybridized carbons (Fsp3) is 0.450. The Morgan fingerprint density at radius 3 is 2.61 bits per heavy atom. The molecule has 152 valence electrons. The fourth-order valence-electron chi connectivity index (χ4n) is 3.21. The zero-order chi connectivity index (χ0) is 20.0. The molecule has 6 nitrogen and oxygen atoms in total. The van der Waals surface area contributed by atoms with Crippen molar-refractivity contribution in [3.63, 3.8) is 0 Å². The highest BCUT2D eigenvalue weighted by Gasteiger charge is 2.27. The molecular weight excluding hydrogens is 396 g/mol. The van der Waals surface area contributed by atoms with Gasteiger partial charge in [0.2, 0.25) is 15.9 Å². The molecule has 0 unspecified atom stereocenters. The van der Waals surface area contributed by atoms with Crippen molar-refractivity contribution < 1.29 is 17.6 Å². The molecule has 1 amide bonds. The van der Waals surface area contributed by atoms with E-state index in [4.69, 9.17) is 4.42 Å². The van der Waals surface area contributed by atoms with E-state index in [2.05, 4.69) is 5.32 Å². The van der Waals surface area contributed by atoms with Gasteiger partial charge in [-0.1, -0.05) is 18.9 Å². The van der Waals surface area contributed by atoms with E-state index < -0.39 is 10.0 Å². The van der Waals surface area contributed by atoms with Crippen molar-refractivity contribution in [3.8, 4) is 0 Å². The van der Waals surface area contributed by atoms with Gasteiger partial charge in [0.05, 0.1) is 22.7 Å². The number of aryl methyl sites for hydroxylation is 1. The molecule has 0 spiro atoms.